The topological polar surface area (TPSA) is 92.2 Å². The third-order valence-electron chi connectivity index (χ3n) is 5.35. The van der Waals surface area contributed by atoms with Gasteiger partial charge >= 0.3 is 12.1 Å². The fourth-order valence-electron chi connectivity index (χ4n) is 3.68. The van der Waals surface area contributed by atoms with E-state index in [4.69, 9.17) is 19.4 Å². The van der Waals surface area contributed by atoms with E-state index in [9.17, 15) is 18.0 Å². The molecule has 1 amide bonds. The summed E-state index contributed by atoms with van der Waals surface area (Å²) in [5.74, 6) is -1.86. The Morgan fingerprint density at radius 3 is 2.45 bits per heavy atom. The smallest absolute Gasteiger partial charge is 0.475 e. The van der Waals surface area contributed by atoms with Crippen molar-refractivity contribution in [3.63, 3.8) is 0 Å². The number of aliphatic carboxylic acids is 1. The van der Waals surface area contributed by atoms with Crippen LogP contribution in [-0.4, -0.2) is 96.1 Å². The lowest BCUT2D eigenvalue weighted by molar-refractivity contribution is -0.192. The summed E-state index contributed by atoms with van der Waals surface area (Å²) in [5, 5.41) is 7.12. The second-order valence-electron chi connectivity index (χ2n) is 8.03. The number of hydrogen-bond acceptors (Lipinski definition) is 6. The Labute approximate surface area is 177 Å². The van der Waals surface area contributed by atoms with Gasteiger partial charge in [-0.3, -0.25) is 14.7 Å². The van der Waals surface area contributed by atoms with E-state index < -0.39 is 17.7 Å². The minimum absolute atomic E-state index is 0.0538. The minimum atomic E-state index is -5.08. The number of hydrogen-bond donors (Lipinski definition) is 1. The van der Waals surface area contributed by atoms with Crippen molar-refractivity contribution in [1.29, 1.82) is 0 Å². The molecular formula is C20H26F3N3O5. The van der Waals surface area contributed by atoms with Crippen molar-refractivity contribution in [2.45, 2.75) is 24.6 Å². The lowest BCUT2D eigenvalue weighted by Gasteiger charge is -2.43. The number of alkyl halides is 3. The number of rotatable bonds is 3. The number of morpholine rings is 1. The molecule has 172 valence electrons. The lowest BCUT2D eigenvalue weighted by atomic mass is 10.0. The number of amides is 1. The first-order chi connectivity index (χ1) is 14.7. The normalized spacial score (nSPS) is 24.8. The predicted molar refractivity (Wildman–Crippen MR) is 102 cm³/mol. The van der Waals surface area contributed by atoms with E-state index in [1.54, 1.807) is 24.5 Å². The fraction of sp³-hybridized carbons (Fsp3) is 0.650. The Hall–Kier alpha value is -2.24. The summed E-state index contributed by atoms with van der Waals surface area (Å²) in [6.07, 6.45) is 0.931. The highest BCUT2D eigenvalue weighted by Crippen LogP contribution is 2.31. The number of pyridine rings is 1. The number of carboxylic acid groups (broad SMARTS) is 1. The van der Waals surface area contributed by atoms with Crippen molar-refractivity contribution in [3.8, 4) is 0 Å². The molecule has 11 heteroatoms. The van der Waals surface area contributed by atoms with E-state index in [0.717, 1.165) is 32.2 Å². The molecule has 2 saturated heterocycles. The minimum Gasteiger partial charge on any atom is -0.475 e. The highest BCUT2D eigenvalue weighted by atomic mass is 19.4. The summed E-state index contributed by atoms with van der Waals surface area (Å²) in [7, 11) is 0. The van der Waals surface area contributed by atoms with E-state index >= 15 is 0 Å². The zero-order valence-electron chi connectivity index (χ0n) is 17.0. The van der Waals surface area contributed by atoms with Gasteiger partial charge < -0.3 is 19.5 Å². The van der Waals surface area contributed by atoms with Gasteiger partial charge in [-0.25, -0.2) is 4.79 Å². The van der Waals surface area contributed by atoms with Crippen molar-refractivity contribution in [2.75, 3.05) is 52.5 Å². The van der Waals surface area contributed by atoms with Crippen LogP contribution < -0.4 is 0 Å². The van der Waals surface area contributed by atoms with Crippen LogP contribution in [0, 0.1) is 5.92 Å². The molecule has 1 N–H and O–H groups in total. The molecule has 1 saturated carbocycles. The standard InChI is InChI=1S/C18H25N3O3.C2HF3O2/c22-17(16-3-5-19-6-4-16)21-8-10-24-18(13-21)12-20(7-9-23-14-18)11-15-1-2-15;3-2(4,5)1(6)7/h3-6,15H,1-2,7-14H2;(H,6,7). The maximum absolute atomic E-state index is 12.8. The number of aromatic nitrogens is 1. The van der Waals surface area contributed by atoms with Crippen LogP contribution in [0.25, 0.3) is 0 Å². The van der Waals surface area contributed by atoms with Gasteiger partial charge in [-0.05, 0) is 30.9 Å². The predicted octanol–water partition coefficient (Wildman–Crippen LogP) is 1.67. The fourth-order valence-corrected chi connectivity index (χ4v) is 3.68. The van der Waals surface area contributed by atoms with Gasteiger partial charge in [0.15, 0.2) is 0 Å². The van der Waals surface area contributed by atoms with E-state index in [0.29, 0.717) is 31.9 Å². The molecule has 1 spiro atoms. The van der Waals surface area contributed by atoms with Crippen molar-refractivity contribution in [1.82, 2.24) is 14.8 Å². The maximum Gasteiger partial charge on any atom is 0.490 e. The molecule has 0 radical (unpaired) electrons. The van der Waals surface area contributed by atoms with Crippen LogP contribution in [0.1, 0.15) is 23.2 Å². The van der Waals surface area contributed by atoms with Crippen LogP contribution in [0.5, 0.6) is 0 Å². The van der Waals surface area contributed by atoms with Crippen LogP contribution >= 0.6 is 0 Å². The largest absolute Gasteiger partial charge is 0.490 e. The monoisotopic (exact) mass is 445 g/mol. The van der Waals surface area contributed by atoms with Crippen LogP contribution in [0.3, 0.4) is 0 Å². The van der Waals surface area contributed by atoms with Gasteiger partial charge in [-0.2, -0.15) is 13.2 Å². The number of carbonyl (C=O) groups is 2. The summed E-state index contributed by atoms with van der Waals surface area (Å²) in [5.41, 5.74) is 0.290. The molecule has 8 nitrogen and oxygen atoms in total. The molecule has 31 heavy (non-hydrogen) atoms. The first-order valence-corrected chi connectivity index (χ1v) is 10.1. The molecular weight excluding hydrogens is 419 g/mol. The first-order valence-electron chi connectivity index (χ1n) is 10.1. The molecule has 2 aliphatic heterocycles. The maximum atomic E-state index is 12.8. The van der Waals surface area contributed by atoms with Gasteiger partial charge in [0.25, 0.3) is 5.91 Å². The second kappa shape index (κ2) is 9.92. The highest BCUT2D eigenvalue weighted by Gasteiger charge is 2.42. The van der Waals surface area contributed by atoms with Gasteiger partial charge in [0, 0.05) is 44.1 Å². The van der Waals surface area contributed by atoms with Crippen LogP contribution in [0.4, 0.5) is 13.2 Å². The van der Waals surface area contributed by atoms with E-state index in [2.05, 4.69) is 9.88 Å². The van der Waals surface area contributed by atoms with Gasteiger partial charge in [0.05, 0.1) is 26.4 Å². The van der Waals surface area contributed by atoms with Crippen molar-refractivity contribution < 1.29 is 37.3 Å². The van der Waals surface area contributed by atoms with Gasteiger partial charge in [-0.15, -0.1) is 0 Å². The second-order valence-corrected chi connectivity index (χ2v) is 8.03. The summed E-state index contributed by atoms with van der Waals surface area (Å²) in [6, 6.07) is 3.54. The van der Waals surface area contributed by atoms with Gasteiger partial charge in [0.2, 0.25) is 0 Å². The summed E-state index contributed by atoms with van der Waals surface area (Å²) in [4.78, 5) is 30.0. The SMILES string of the molecule is O=C(O)C(F)(F)F.O=C(c1ccncc1)N1CCOC2(COCCN(CC3CC3)C2)C1. The molecule has 1 aromatic rings. The average molecular weight is 445 g/mol. The third kappa shape index (κ3) is 6.88. The molecule has 4 rings (SSSR count). The number of carbonyl (C=O) groups excluding carboxylic acids is 1. The van der Waals surface area contributed by atoms with E-state index in [1.165, 1.54) is 12.8 Å². The van der Waals surface area contributed by atoms with Crippen LogP contribution in [0.2, 0.25) is 0 Å². The Kier molecular flexibility index (Phi) is 7.50. The molecule has 1 aliphatic carbocycles. The quantitative estimate of drug-likeness (QED) is 0.757. The number of nitrogens with zero attached hydrogens (tertiary/aromatic N) is 3. The molecule has 3 aliphatic rings. The number of carboxylic acids is 1. The molecule has 1 aromatic heterocycles. The van der Waals surface area contributed by atoms with Crippen molar-refractivity contribution in [3.05, 3.63) is 30.1 Å². The Morgan fingerprint density at radius 2 is 1.84 bits per heavy atom. The van der Waals surface area contributed by atoms with E-state index in [1.807, 2.05) is 4.90 Å². The molecule has 0 aromatic carbocycles. The van der Waals surface area contributed by atoms with Crippen LogP contribution in [0.15, 0.2) is 24.5 Å². The zero-order valence-corrected chi connectivity index (χ0v) is 17.0. The number of halogens is 3. The van der Waals surface area contributed by atoms with Gasteiger partial charge in [0.1, 0.15) is 5.60 Å². The zero-order chi connectivity index (χ0) is 22.5. The molecule has 1 atom stereocenters. The Balaban J connectivity index is 0.000000339. The third-order valence-corrected chi connectivity index (χ3v) is 5.35. The van der Waals surface area contributed by atoms with Crippen molar-refractivity contribution >= 4 is 11.9 Å². The molecule has 0 bridgehead atoms. The highest BCUT2D eigenvalue weighted by molar-refractivity contribution is 5.94. The number of ether oxygens (including phenoxy) is 2. The summed E-state index contributed by atoms with van der Waals surface area (Å²) in [6.45, 7) is 6.04. The molecule has 3 fully saturated rings. The van der Waals surface area contributed by atoms with Crippen LogP contribution in [-0.2, 0) is 14.3 Å². The first kappa shape index (κ1) is 23.4. The van der Waals surface area contributed by atoms with Crippen molar-refractivity contribution in [2.24, 2.45) is 5.92 Å². The van der Waals surface area contributed by atoms with E-state index in [-0.39, 0.29) is 5.91 Å². The Bertz CT molecular complexity index is 760. The molecule has 1 unspecified atom stereocenters. The summed E-state index contributed by atoms with van der Waals surface area (Å²) >= 11 is 0. The molecule has 3 heterocycles. The lowest BCUT2D eigenvalue weighted by Crippen LogP contribution is -2.60. The Morgan fingerprint density at radius 1 is 1.16 bits per heavy atom. The summed E-state index contributed by atoms with van der Waals surface area (Å²) < 4.78 is 43.7. The average Bonchev–Trinajstić information content (AvgIpc) is 3.56. The van der Waals surface area contributed by atoms with Gasteiger partial charge in [-0.1, -0.05) is 0 Å².